The molecule has 0 fully saturated rings. The lowest BCUT2D eigenvalue weighted by atomic mass is 10.1. The fourth-order valence-electron chi connectivity index (χ4n) is 3.18. The lowest BCUT2D eigenvalue weighted by Gasteiger charge is -2.23. The van der Waals surface area contributed by atoms with E-state index in [-0.39, 0.29) is 11.8 Å². The van der Waals surface area contributed by atoms with E-state index >= 15 is 0 Å². The SMILES string of the molecule is CCc1c(C(=O)Nc2ccc3c(c2)NC(=O)C(C)O3)cnn1-c1ccccc1. The molecule has 0 spiro atoms. The number of ether oxygens (including phenoxy) is 1. The normalized spacial score (nSPS) is 15.4. The van der Waals surface area contributed by atoms with Crippen molar-refractivity contribution in [1.82, 2.24) is 9.78 Å². The molecule has 3 aromatic rings. The summed E-state index contributed by atoms with van der Waals surface area (Å²) in [5.41, 5.74) is 3.35. The van der Waals surface area contributed by atoms with E-state index in [1.807, 2.05) is 37.3 Å². The molecular formula is C21H20N4O3. The summed E-state index contributed by atoms with van der Waals surface area (Å²) in [6.07, 6.45) is 1.69. The highest BCUT2D eigenvalue weighted by Crippen LogP contribution is 2.32. The highest BCUT2D eigenvalue weighted by atomic mass is 16.5. The third-order valence-corrected chi connectivity index (χ3v) is 4.62. The summed E-state index contributed by atoms with van der Waals surface area (Å²) in [6.45, 7) is 3.67. The van der Waals surface area contributed by atoms with Crippen molar-refractivity contribution in [2.75, 3.05) is 10.6 Å². The van der Waals surface area contributed by atoms with Gasteiger partial charge in [-0.25, -0.2) is 4.68 Å². The minimum Gasteiger partial charge on any atom is -0.479 e. The molecule has 4 rings (SSSR count). The maximum Gasteiger partial charge on any atom is 0.265 e. The quantitative estimate of drug-likeness (QED) is 0.731. The molecule has 2 amide bonds. The van der Waals surface area contributed by atoms with Crippen molar-refractivity contribution in [3.05, 3.63) is 66.0 Å². The number of carbonyl (C=O) groups is 2. The molecule has 0 radical (unpaired) electrons. The van der Waals surface area contributed by atoms with Gasteiger partial charge in [0.25, 0.3) is 11.8 Å². The molecule has 0 saturated heterocycles. The smallest absolute Gasteiger partial charge is 0.265 e. The van der Waals surface area contributed by atoms with Gasteiger partial charge in [0.15, 0.2) is 6.10 Å². The van der Waals surface area contributed by atoms with Gasteiger partial charge in [-0.2, -0.15) is 5.10 Å². The highest BCUT2D eigenvalue weighted by molar-refractivity contribution is 6.06. The zero-order valence-electron chi connectivity index (χ0n) is 15.6. The fourth-order valence-corrected chi connectivity index (χ4v) is 3.18. The van der Waals surface area contributed by atoms with Crippen LogP contribution in [0, 0.1) is 0 Å². The number of benzene rings is 2. The van der Waals surface area contributed by atoms with Crippen LogP contribution in [0.3, 0.4) is 0 Å². The van der Waals surface area contributed by atoms with Crippen LogP contribution in [0.1, 0.15) is 29.9 Å². The summed E-state index contributed by atoms with van der Waals surface area (Å²) in [7, 11) is 0. The molecular weight excluding hydrogens is 356 g/mol. The fraction of sp³-hybridized carbons (Fsp3) is 0.190. The molecule has 2 N–H and O–H groups in total. The Morgan fingerprint density at radius 3 is 2.79 bits per heavy atom. The summed E-state index contributed by atoms with van der Waals surface area (Å²) in [5.74, 6) is 0.111. The zero-order valence-corrected chi connectivity index (χ0v) is 15.6. The van der Waals surface area contributed by atoms with Crippen LogP contribution in [0.2, 0.25) is 0 Å². The van der Waals surface area contributed by atoms with Crippen LogP contribution in [0.5, 0.6) is 5.75 Å². The number of nitrogens with zero attached hydrogens (tertiary/aromatic N) is 2. The summed E-state index contributed by atoms with van der Waals surface area (Å²) in [5, 5.41) is 10.0. The summed E-state index contributed by atoms with van der Waals surface area (Å²) in [6, 6.07) is 14.8. The molecule has 0 saturated carbocycles. The Morgan fingerprint density at radius 1 is 1.25 bits per heavy atom. The summed E-state index contributed by atoms with van der Waals surface area (Å²) >= 11 is 0. The predicted octanol–water partition coefficient (Wildman–Crippen LogP) is 3.41. The summed E-state index contributed by atoms with van der Waals surface area (Å²) < 4.78 is 7.31. The number of anilines is 2. The first-order valence-electron chi connectivity index (χ1n) is 9.12. The van der Waals surface area contributed by atoms with Crippen LogP contribution >= 0.6 is 0 Å². The van der Waals surface area contributed by atoms with E-state index in [4.69, 9.17) is 4.74 Å². The van der Waals surface area contributed by atoms with Gasteiger partial charge in [0.1, 0.15) is 5.75 Å². The predicted molar refractivity (Wildman–Crippen MR) is 106 cm³/mol. The Hall–Kier alpha value is -3.61. The molecule has 0 bridgehead atoms. The highest BCUT2D eigenvalue weighted by Gasteiger charge is 2.24. The molecule has 7 nitrogen and oxygen atoms in total. The average Bonchev–Trinajstić information content (AvgIpc) is 3.14. The van der Waals surface area contributed by atoms with E-state index in [1.54, 1.807) is 36.0 Å². The maximum atomic E-state index is 12.8. The first-order chi connectivity index (χ1) is 13.6. The molecule has 2 heterocycles. The molecule has 142 valence electrons. The van der Waals surface area contributed by atoms with Crippen molar-refractivity contribution < 1.29 is 14.3 Å². The third kappa shape index (κ3) is 3.22. The van der Waals surface area contributed by atoms with Gasteiger partial charge in [-0.3, -0.25) is 9.59 Å². The second-order valence-electron chi connectivity index (χ2n) is 6.52. The lowest BCUT2D eigenvalue weighted by molar-refractivity contribution is -0.122. The minimum atomic E-state index is -0.538. The second kappa shape index (κ2) is 7.19. The van der Waals surface area contributed by atoms with Crippen molar-refractivity contribution in [1.29, 1.82) is 0 Å². The second-order valence-corrected chi connectivity index (χ2v) is 6.52. The monoisotopic (exact) mass is 376 g/mol. The first kappa shape index (κ1) is 17.8. The van der Waals surface area contributed by atoms with E-state index in [0.29, 0.717) is 29.1 Å². The number of rotatable bonds is 4. The zero-order chi connectivity index (χ0) is 19.7. The molecule has 1 atom stereocenters. The number of para-hydroxylation sites is 1. The lowest BCUT2D eigenvalue weighted by Crippen LogP contribution is -2.34. The minimum absolute atomic E-state index is 0.214. The van der Waals surface area contributed by atoms with Crippen LogP contribution in [-0.2, 0) is 11.2 Å². The molecule has 2 aromatic carbocycles. The topological polar surface area (TPSA) is 85.2 Å². The standard InChI is InChI=1S/C21H20N4O3/c1-3-18-16(12-22-25(18)15-7-5-4-6-8-15)21(27)23-14-9-10-19-17(11-14)24-20(26)13(2)28-19/h4-13H,3H2,1-2H3,(H,23,27)(H,24,26). The Morgan fingerprint density at radius 2 is 2.04 bits per heavy atom. The van der Waals surface area contributed by atoms with Gasteiger partial charge >= 0.3 is 0 Å². The number of fused-ring (bicyclic) bond motifs is 1. The number of aromatic nitrogens is 2. The molecule has 7 heteroatoms. The van der Waals surface area contributed by atoms with Gasteiger partial charge in [0.2, 0.25) is 0 Å². The molecule has 1 aliphatic heterocycles. The van der Waals surface area contributed by atoms with Crippen LogP contribution < -0.4 is 15.4 Å². The van der Waals surface area contributed by atoms with E-state index < -0.39 is 6.10 Å². The van der Waals surface area contributed by atoms with Gasteiger partial charge in [-0.1, -0.05) is 25.1 Å². The largest absolute Gasteiger partial charge is 0.479 e. The van der Waals surface area contributed by atoms with Crippen LogP contribution in [0.25, 0.3) is 5.69 Å². The van der Waals surface area contributed by atoms with Crippen LogP contribution in [0.4, 0.5) is 11.4 Å². The third-order valence-electron chi connectivity index (χ3n) is 4.62. The molecule has 1 aromatic heterocycles. The number of nitrogens with one attached hydrogen (secondary N) is 2. The van der Waals surface area contributed by atoms with Crippen molar-refractivity contribution in [2.24, 2.45) is 0 Å². The molecule has 28 heavy (non-hydrogen) atoms. The van der Waals surface area contributed by atoms with Crippen LogP contribution in [-0.4, -0.2) is 27.7 Å². The molecule has 1 aliphatic rings. The van der Waals surface area contributed by atoms with Gasteiger partial charge in [0, 0.05) is 5.69 Å². The van der Waals surface area contributed by atoms with Crippen molar-refractivity contribution in [3.63, 3.8) is 0 Å². The first-order valence-corrected chi connectivity index (χ1v) is 9.12. The van der Waals surface area contributed by atoms with Crippen molar-refractivity contribution in [3.8, 4) is 11.4 Å². The number of hydrogen-bond donors (Lipinski definition) is 2. The van der Waals surface area contributed by atoms with Gasteiger partial charge in [0.05, 0.1) is 28.8 Å². The maximum absolute atomic E-state index is 12.8. The number of amides is 2. The molecule has 1 unspecified atom stereocenters. The van der Waals surface area contributed by atoms with Crippen molar-refractivity contribution >= 4 is 23.2 Å². The van der Waals surface area contributed by atoms with E-state index in [9.17, 15) is 9.59 Å². The Labute approximate surface area is 162 Å². The Bertz CT molecular complexity index is 1040. The molecule has 0 aliphatic carbocycles. The van der Waals surface area contributed by atoms with Gasteiger partial charge < -0.3 is 15.4 Å². The average molecular weight is 376 g/mol. The van der Waals surface area contributed by atoms with E-state index in [0.717, 1.165) is 11.4 Å². The Kier molecular flexibility index (Phi) is 4.57. The Balaban J connectivity index is 1.59. The van der Waals surface area contributed by atoms with Crippen LogP contribution in [0.15, 0.2) is 54.7 Å². The van der Waals surface area contributed by atoms with Crippen molar-refractivity contribution in [2.45, 2.75) is 26.4 Å². The van der Waals surface area contributed by atoms with Gasteiger partial charge in [-0.05, 0) is 43.7 Å². The van der Waals surface area contributed by atoms with Gasteiger partial charge in [-0.15, -0.1) is 0 Å². The van der Waals surface area contributed by atoms with E-state index in [1.165, 1.54) is 0 Å². The number of hydrogen-bond acceptors (Lipinski definition) is 4. The van der Waals surface area contributed by atoms with E-state index in [2.05, 4.69) is 15.7 Å². The number of carbonyl (C=O) groups excluding carboxylic acids is 2. The summed E-state index contributed by atoms with van der Waals surface area (Å²) in [4.78, 5) is 24.6.